The van der Waals surface area contributed by atoms with Crippen LogP contribution >= 0.6 is 34.8 Å². The molecule has 4 rings (SSSR count). The smallest absolute Gasteiger partial charge is 0.258 e. The first-order chi connectivity index (χ1) is 16.5. The summed E-state index contributed by atoms with van der Waals surface area (Å²) >= 11 is 18.6. The summed E-state index contributed by atoms with van der Waals surface area (Å²) in [6, 6.07) is 15.1. The second-order valence-electron chi connectivity index (χ2n) is 7.24. The molecule has 34 heavy (non-hydrogen) atoms. The lowest BCUT2D eigenvalue weighted by molar-refractivity contribution is 0.0976. The Kier molecular flexibility index (Phi) is 7.80. The third-order valence-electron chi connectivity index (χ3n) is 4.83. The van der Waals surface area contributed by atoms with E-state index < -0.39 is 6.04 Å². The number of aromatic nitrogens is 3. The highest BCUT2D eigenvalue weighted by molar-refractivity contribution is 6.35. The molecule has 0 bridgehead atoms. The molecule has 1 atom stereocenters. The molecule has 0 aliphatic rings. The van der Waals surface area contributed by atoms with Gasteiger partial charge in [-0.25, -0.2) is 9.98 Å². The molecule has 0 spiro atoms. The Hall–Kier alpha value is -3.39. The number of amides is 1. The number of carbonyl (C=O) groups is 1. The van der Waals surface area contributed by atoms with E-state index in [9.17, 15) is 4.79 Å². The highest BCUT2D eigenvalue weighted by atomic mass is 35.5. The van der Waals surface area contributed by atoms with Gasteiger partial charge in [-0.1, -0.05) is 40.9 Å². The van der Waals surface area contributed by atoms with Crippen molar-refractivity contribution in [1.82, 2.24) is 19.9 Å². The Balaban J connectivity index is 1.72. The van der Waals surface area contributed by atoms with E-state index in [1.807, 2.05) is 16.8 Å². The van der Waals surface area contributed by atoms with Gasteiger partial charge in [0.25, 0.3) is 5.91 Å². The third-order valence-corrected chi connectivity index (χ3v) is 5.65. The van der Waals surface area contributed by atoms with Crippen LogP contribution in [0.15, 0.2) is 90.7 Å². The molecular formula is C24H19Cl3N6O. The van der Waals surface area contributed by atoms with E-state index >= 15 is 0 Å². The van der Waals surface area contributed by atoms with E-state index in [0.29, 0.717) is 32.9 Å². The maximum absolute atomic E-state index is 12.9. The number of rotatable bonds is 6. The molecule has 2 aromatic heterocycles. The van der Waals surface area contributed by atoms with E-state index in [1.54, 1.807) is 73.4 Å². The maximum atomic E-state index is 12.9. The van der Waals surface area contributed by atoms with E-state index in [0.717, 1.165) is 5.56 Å². The summed E-state index contributed by atoms with van der Waals surface area (Å²) in [5.41, 5.74) is 1.88. The molecule has 2 aromatic carbocycles. The first kappa shape index (κ1) is 23.8. The van der Waals surface area contributed by atoms with E-state index in [2.05, 4.69) is 20.6 Å². The molecule has 4 aromatic rings. The lowest BCUT2D eigenvalue weighted by Gasteiger charge is -2.19. The largest absolute Gasteiger partial charge is 0.335 e. The molecule has 1 amide bonds. The molecule has 0 fully saturated rings. The number of guanidine groups is 1. The Morgan fingerprint density at radius 1 is 0.941 bits per heavy atom. The number of benzene rings is 2. The molecule has 2 N–H and O–H groups in total. The molecule has 2 heterocycles. The summed E-state index contributed by atoms with van der Waals surface area (Å²) in [4.78, 5) is 25.8. The quantitative estimate of drug-likeness (QED) is 0.249. The molecule has 0 radical (unpaired) electrons. The molecule has 0 saturated carbocycles. The molecular weight excluding hydrogens is 495 g/mol. The van der Waals surface area contributed by atoms with Crippen molar-refractivity contribution in [2.75, 3.05) is 5.32 Å². The Labute approximate surface area is 211 Å². The summed E-state index contributed by atoms with van der Waals surface area (Å²) in [6.07, 6.45) is 8.30. The van der Waals surface area contributed by atoms with Crippen molar-refractivity contribution < 1.29 is 4.79 Å². The SMILES string of the molecule is O=C(NC(=NC(Cn1ccnc1)c1ccc(Cl)cc1Cl)Nc1ccc(Cl)cc1)c1ccncc1. The fourth-order valence-corrected chi connectivity index (χ4v) is 3.84. The maximum Gasteiger partial charge on any atom is 0.258 e. The summed E-state index contributed by atoms with van der Waals surface area (Å²) < 4.78 is 1.88. The number of nitrogens with zero attached hydrogens (tertiary/aromatic N) is 4. The highest BCUT2D eigenvalue weighted by Crippen LogP contribution is 2.30. The average Bonchev–Trinajstić information content (AvgIpc) is 3.34. The van der Waals surface area contributed by atoms with Gasteiger partial charge in [0.15, 0.2) is 0 Å². The number of halogens is 3. The van der Waals surface area contributed by atoms with Gasteiger partial charge in [-0.05, 0) is 54.1 Å². The number of carbonyl (C=O) groups excluding carboxylic acids is 1. The van der Waals surface area contributed by atoms with Crippen molar-refractivity contribution in [3.63, 3.8) is 0 Å². The number of anilines is 1. The lowest BCUT2D eigenvalue weighted by Crippen LogP contribution is -2.36. The fraction of sp³-hybridized carbons (Fsp3) is 0.0833. The van der Waals surface area contributed by atoms with Crippen LogP contribution in [0.4, 0.5) is 5.69 Å². The number of aliphatic imine (C=N–C) groups is 1. The van der Waals surface area contributed by atoms with Crippen molar-refractivity contribution in [2.24, 2.45) is 4.99 Å². The summed E-state index contributed by atoms with van der Waals surface area (Å²) in [5, 5.41) is 7.60. The monoisotopic (exact) mass is 512 g/mol. The minimum atomic E-state index is -0.466. The van der Waals surface area contributed by atoms with Gasteiger partial charge in [-0.2, -0.15) is 0 Å². The molecule has 0 aliphatic heterocycles. The zero-order valence-corrected chi connectivity index (χ0v) is 20.0. The summed E-state index contributed by atoms with van der Waals surface area (Å²) in [7, 11) is 0. The van der Waals surface area contributed by atoms with Crippen LogP contribution in [0.5, 0.6) is 0 Å². The van der Waals surface area contributed by atoms with Crippen LogP contribution in [0, 0.1) is 0 Å². The molecule has 7 nitrogen and oxygen atoms in total. The van der Waals surface area contributed by atoms with Gasteiger partial charge < -0.3 is 9.88 Å². The van der Waals surface area contributed by atoms with Gasteiger partial charge in [0.05, 0.1) is 18.9 Å². The van der Waals surface area contributed by atoms with Crippen molar-refractivity contribution in [1.29, 1.82) is 0 Å². The minimum absolute atomic E-state index is 0.236. The molecule has 10 heteroatoms. The molecule has 1 unspecified atom stereocenters. The first-order valence-corrected chi connectivity index (χ1v) is 11.3. The number of pyridine rings is 1. The van der Waals surface area contributed by atoms with Gasteiger partial charge in [-0.3, -0.25) is 15.1 Å². The molecule has 172 valence electrons. The van der Waals surface area contributed by atoms with Crippen molar-refractivity contribution in [3.8, 4) is 0 Å². The standard InChI is InChI=1S/C24H19Cl3N6O/c25-17-1-4-19(5-2-17)30-24(32-23(34)16-7-9-28-10-8-16)31-22(14-33-12-11-29-15-33)20-6-3-18(26)13-21(20)27/h1-13,15,22H,14H2,(H2,30,31,32,34). The first-order valence-electron chi connectivity index (χ1n) is 10.2. The predicted octanol–water partition coefficient (Wildman–Crippen LogP) is 5.88. The van der Waals surface area contributed by atoms with E-state index in [1.165, 1.54) is 0 Å². The van der Waals surface area contributed by atoms with E-state index in [4.69, 9.17) is 39.8 Å². The van der Waals surface area contributed by atoms with Crippen LogP contribution in [-0.4, -0.2) is 26.4 Å². The van der Waals surface area contributed by atoms with Gasteiger partial charge >= 0.3 is 0 Å². The second kappa shape index (κ2) is 11.2. The topological polar surface area (TPSA) is 84.2 Å². The molecule has 0 saturated heterocycles. The number of imidazole rings is 1. The Bertz CT molecular complexity index is 1280. The van der Waals surface area contributed by atoms with E-state index in [-0.39, 0.29) is 11.9 Å². The van der Waals surface area contributed by atoms with Crippen LogP contribution in [0.25, 0.3) is 0 Å². The van der Waals surface area contributed by atoms with Crippen LogP contribution in [0.1, 0.15) is 22.0 Å². The van der Waals surface area contributed by atoms with Gasteiger partial charge in [-0.15, -0.1) is 0 Å². The third kappa shape index (κ3) is 6.35. The average molecular weight is 514 g/mol. The Morgan fingerprint density at radius 2 is 1.68 bits per heavy atom. The lowest BCUT2D eigenvalue weighted by atomic mass is 10.1. The van der Waals surface area contributed by atoms with Crippen molar-refractivity contribution in [2.45, 2.75) is 12.6 Å². The van der Waals surface area contributed by atoms with Gasteiger partial charge in [0.2, 0.25) is 5.96 Å². The number of hydrogen-bond donors (Lipinski definition) is 2. The summed E-state index contributed by atoms with van der Waals surface area (Å²) in [5.74, 6) is -0.105. The number of nitrogens with one attached hydrogen (secondary N) is 2. The minimum Gasteiger partial charge on any atom is -0.335 e. The normalized spacial score (nSPS) is 12.3. The van der Waals surface area contributed by atoms with Gasteiger partial charge in [0.1, 0.15) is 0 Å². The predicted molar refractivity (Wildman–Crippen MR) is 136 cm³/mol. The van der Waals surface area contributed by atoms with Gasteiger partial charge in [0, 0.05) is 51.1 Å². The summed E-state index contributed by atoms with van der Waals surface area (Å²) in [6.45, 7) is 0.429. The van der Waals surface area contributed by atoms with Crippen molar-refractivity contribution >= 4 is 52.4 Å². The van der Waals surface area contributed by atoms with Crippen LogP contribution in [0.2, 0.25) is 15.1 Å². The van der Waals surface area contributed by atoms with Crippen molar-refractivity contribution in [3.05, 3.63) is 112 Å². The highest BCUT2D eigenvalue weighted by Gasteiger charge is 2.18. The zero-order chi connectivity index (χ0) is 23.9. The van der Waals surface area contributed by atoms with Crippen LogP contribution < -0.4 is 10.6 Å². The van der Waals surface area contributed by atoms with Crippen LogP contribution in [-0.2, 0) is 6.54 Å². The van der Waals surface area contributed by atoms with Crippen LogP contribution in [0.3, 0.4) is 0 Å². The molecule has 0 aliphatic carbocycles. The second-order valence-corrected chi connectivity index (χ2v) is 8.52. The number of hydrogen-bond acceptors (Lipinski definition) is 4. The fourth-order valence-electron chi connectivity index (χ4n) is 3.18. The Morgan fingerprint density at radius 3 is 2.35 bits per heavy atom. The zero-order valence-electron chi connectivity index (χ0n) is 17.7.